The quantitative estimate of drug-likeness (QED) is 0.619. The summed E-state index contributed by atoms with van der Waals surface area (Å²) in [5, 5.41) is 2.42. The van der Waals surface area contributed by atoms with Gasteiger partial charge < -0.3 is 10.1 Å². The summed E-state index contributed by atoms with van der Waals surface area (Å²) in [6.07, 6.45) is 0. The van der Waals surface area contributed by atoms with Crippen molar-refractivity contribution in [3.05, 3.63) is 0 Å². The molecule has 0 aromatic rings. The standard InChI is InChI=1S/C8H17F2NOS/c1-3-13-5-4-12-7-8(9,10)6-11-2/h11H,3-7H2,1-2H3. The minimum atomic E-state index is -2.74. The lowest BCUT2D eigenvalue weighted by Crippen LogP contribution is -2.35. The van der Waals surface area contributed by atoms with Gasteiger partial charge in [0.05, 0.1) is 13.2 Å². The van der Waals surface area contributed by atoms with Crippen LogP contribution in [0.3, 0.4) is 0 Å². The van der Waals surface area contributed by atoms with Crippen molar-refractivity contribution in [2.75, 3.05) is 38.3 Å². The highest BCUT2D eigenvalue weighted by Crippen LogP contribution is 2.12. The van der Waals surface area contributed by atoms with Crippen LogP contribution in [0, 0.1) is 0 Å². The van der Waals surface area contributed by atoms with Crippen LogP contribution in [0.25, 0.3) is 0 Å². The van der Waals surface area contributed by atoms with Crippen molar-refractivity contribution in [1.29, 1.82) is 0 Å². The maximum Gasteiger partial charge on any atom is 0.283 e. The van der Waals surface area contributed by atoms with Crippen LogP contribution in [0.5, 0.6) is 0 Å². The van der Waals surface area contributed by atoms with E-state index in [2.05, 4.69) is 5.32 Å². The van der Waals surface area contributed by atoms with Gasteiger partial charge in [-0.3, -0.25) is 0 Å². The van der Waals surface area contributed by atoms with Crippen LogP contribution >= 0.6 is 11.8 Å². The molecule has 0 aliphatic heterocycles. The van der Waals surface area contributed by atoms with Crippen LogP contribution in [0.1, 0.15) is 6.92 Å². The third-order valence-electron chi connectivity index (χ3n) is 1.32. The maximum absolute atomic E-state index is 12.7. The number of hydrogen-bond donors (Lipinski definition) is 1. The molecule has 0 unspecified atom stereocenters. The molecule has 0 aliphatic rings. The van der Waals surface area contributed by atoms with E-state index in [1.165, 1.54) is 7.05 Å². The first kappa shape index (κ1) is 13.1. The number of rotatable bonds is 8. The van der Waals surface area contributed by atoms with Gasteiger partial charge in [0.15, 0.2) is 0 Å². The van der Waals surface area contributed by atoms with Crippen molar-refractivity contribution in [1.82, 2.24) is 5.32 Å². The van der Waals surface area contributed by atoms with Crippen LogP contribution in [-0.2, 0) is 4.74 Å². The number of halogens is 2. The second-order valence-electron chi connectivity index (χ2n) is 2.64. The molecule has 13 heavy (non-hydrogen) atoms. The predicted molar refractivity (Wildman–Crippen MR) is 52.7 cm³/mol. The Labute approximate surface area is 82.4 Å². The Hall–Kier alpha value is 0.130. The van der Waals surface area contributed by atoms with Crippen molar-refractivity contribution >= 4 is 11.8 Å². The van der Waals surface area contributed by atoms with Gasteiger partial charge in [-0.05, 0) is 12.8 Å². The summed E-state index contributed by atoms with van der Waals surface area (Å²) in [7, 11) is 1.50. The molecule has 0 aromatic heterocycles. The molecule has 0 saturated heterocycles. The second kappa shape index (κ2) is 7.53. The molecule has 0 amide bonds. The zero-order chi connectivity index (χ0) is 10.2. The molecule has 0 atom stereocenters. The van der Waals surface area contributed by atoms with Crippen LogP contribution in [-0.4, -0.2) is 44.2 Å². The van der Waals surface area contributed by atoms with E-state index in [0.29, 0.717) is 6.61 Å². The molecule has 0 aromatic carbocycles. The lowest BCUT2D eigenvalue weighted by Gasteiger charge is -2.15. The van der Waals surface area contributed by atoms with E-state index in [1.54, 1.807) is 11.8 Å². The minimum Gasteiger partial charge on any atom is -0.374 e. The monoisotopic (exact) mass is 213 g/mol. The summed E-state index contributed by atoms with van der Waals surface area (Å²) >= 11 is 1.69. The van der Waals surface area contributed by atoms with Crippen molar-refractivity contribution in [2.24, 2.45) is 0 Å². The van der Waals surface area contributed by atoms with Crippen molar-refractivity contribution in [3.63, 3.8) is 0 Å². The van der Waals surface area contributed by atoms with Gasteiger partial charge >= 0.3 is 0 Å². The Balaban J connectivity index is 3.29. The molecule has 0 fully saturated rings. The number of hydrogen-bond acceptors (Lipinski definition) is 3. The van der Waals surface area contributed by atoms with Crippen molar-refractivity contribution in [2.45, 2.75) is 12.8 Å². The van der Waals surface area contributed by atoms with E-state index in [-0.39, 0.29) is 6.54 Å². The number of ether oxygens (including phenoxy) is 1. The molecule has 0 rings (SSSR count). The molecule has 0 spiro atoms. The third kappa shape index (κ3) is 8.46. The fraction of sp³-hybridized carbons (Fsp3) is 1.00. The van der Waals surface area contributed by atoms with Gasteiger partial charge in [-0.25, -0.2) is 8.78 Å². The van der Waals surface area contributed by atoms with E-state index in [4.69, 9.17) is 4.74 Å². The van der Waals surface area contributed by atoms with E-state index >= 15 is 0 Å². The van der Waals surface area contributed by atoms with Gasteiger partial charge in [0.1, 0.15) is 6.61 Å². The average Bonchev–Trinajstić information content (AvgIpc) is 2.04. The summed E-state index contributed by atoms with van der Waals surface area (Å²) in [6, 6.07) is 0. The van der Waals surface area contributed by atoms with E-state index in [0.717, 1.165) is 11.5 Å². The highest BCUT2D eigenvalue weighted by atomic mass is 32.2. The zero-order valence-corrected chi connectivity index (χ0v) is 8.92. The highest BCUT2D eigenvalue weighted by Gasteiger charge is 2.27. The first-order valence-corrected chi connectivity index (χ1v) is 5.46. The Morgan fingerprint density at radius 3 is 2.69 bits per heavy atom. The predicted octanol–water partition coefficient (Wildman–Crippen LogP) is 1.61. The molecule has 0 heterocycles. The molecule has 0 bridgehead atoms. The Bertz CT molecular complexity index is 125. The van der Waals surface area contributed by atoms with E-state index in [1.807, 2.05) is 6.92 Å². The zero-order valence-electron chi connectivity index (χ0n) is 8.11. The molecule has 1 N–H and O–H groups in total. The Morgan fingerprint density at radius 1 is 1.46 bits per heavy atom. The SMILES string of the molecule is CCSCCOCC(F)(F)CNC. The number of nitrogens with one attached hydrogen (secondary N) is 1. The molecular formula is C8H17F2NOS. The van der Waals surface area contributed by atoms with Gasteiger partial charge in [-0.2, -0.15) is 11.8 Å². The van der Waals surface area contributed by atoms with Gasteiger partial charge in [0.25, 0.3) is 5.92 Å². The van der Waals surface area contributed by atoms with Crippen molar-refractivity contribution in [3.8, 4) is 0 Å². The summed E-state index contributed by atoms with van der Waals surface area (Å²) in [5.74, 6) is -0.964. The molecule has 0 saturated carbocycles. The molecular weight excluding hydrogens is 196 g/mol. The van der Waals surface area contributed by atoms with Crippen LogP contribution in [0.4, 0.5) is 8.78 Å². The fourth-order valence-electron chi connectivity index (χ4n) is 0.793. The lowest BCUT2D eigenvalue weighted by atomic mass is 10.3. The molecule has 5 heteroatoms. The largest absolute Gasteiger partial charge is 0.374 e. The topological polar surface area (TPSA) is 21.3 Å². The normalized spacial score (nSPS) is 12.0. The smallest absolute Gasteiger partial charge is 0.283 e. The maximum atomic E-state index is 12.7. The highest BCUT2D eigenvalue weighted by molar-refractivity contribution is 7.99. The first-order valence-electron chi connectivity index (χ1n) is 4.30. The molecule has 2 nitrogen and oxygen atoms in total. The van der Waals surface area contributed by atoms with Crippen molar-refractivity contribution < 1.29 is 13.5 Å². The first-order chi connectivity index (χ1) is 6.12. The third-order valence-corrected chi connectivity index (χ3v) is 2.19. The Morgan fingerprint density at radius 2 is 2.15 bits per heavy atom. The van der Waals surface area contributed by atoms with E-state index in [9.17, 15) is 8.78 Å². The average molecular weight is 213 g/mol. The fourth-order valence-corrected chi connectivity index (χ4v) is 1.32. The summed E-state index contributed by atoms with van der Waals surface area (Å²) < 4.78 is 30.3. The number of thioether (sulfide) groups is 1. The van der Waals surface area contributed by atoms with Gasteiger partial charge in [0, 0.05) is 5.75 Å². The summed E-state index contributed by atoms with van der Waals surface area (Å²) in [5.41, 5.74) is 0. The summed E-state index contributed by atoms with van der Waals surface area (Å²) in [6.45, 7) is 1.62. The molecule has 0 radical (unpaired) electrons. The number of alkyl halides is 2. The van der Waals surface area contributed by atoms with E-state index < -0.39 is 12.5 Å². The lowest BCUT2D eigenvalue weighted by molar-refractivity contribution is -0.0704. The van der Waals surface area contributed by atoms with Crippen LogP contribution in [0.15, 0.2) is 0 Å². The van der Waals surface area contributed by atoms with Crippen LogP contribution < -0.4 is 5.32 Å². The van der Waals surface area contributed by atoms with Gasteiger partial charge in [-0.1, -0.05) is 6.92 Å². The van der Waals surface area contributed by atoms with Gasteiger partial charge in [0.2, 0.25) is 0 Å². The minimum absolute atomic E-state index is 0.325. The molecule has 0 aliphatic carbocycles. The Kier molecular flexibility index (Phi) is 7.60. The van der Waals surface area contributed by atoms with Crippen LogP contribution in [0.2, 0.25) is 0 Å². The molecule has 80 valence electrons. The van der Waals surface area contributed by atoms with Gasteiger partial charge in [-0.15, -0.1) is 0 Å². The summed E-state index contributed by atoms with van der Waals surface area (Å²) in [4.78, 5) is 0. The second-order valence-corrected chi connectivity index (χ2v) is 4.03.